The summed E-state index contributed by atoms with van der Waals surface area (Å²) in [6.07, 6.45) is 0. The van der Waals surface area contributed by atoms with Crippen LogP contribution < -0.4 is 15.8 Å². The van der Waals surface area contributed by atoms with Gasteiger partial charge in [-0.15, -0.1) is 0 Å². The zero-order valence-electron chi connectivity index (χ0n) is 9.97. The van der Waals surface area contributed by atoms with Gasteiger partial charge in [-0.05, 0) is 36.4 Å². The number of nitrogens with two attached hydrogens (primary N) is 1. The van der Waals surface area contributed by atoms with Gasteiger partial charge in [-0.2, -0.15) is 5.26 Å². The molecule has 90 valence electrons. The topological polar surface area (TPSA) is 71.1 Å². The number of methoxy groups -OCH3 is 1. The van der Waals surface area contributed by atoms with E-state index >= 15 is 0 Å². The van der Waals surface area contributed by atoms with Crippen molar-refractivity contribution in [2.45, 2.75) is 0 Å². The van der Waals surface area contributed by atoms with E-state index in [1.807, 2.05) is 30.3 Å². The Morgan fingerprint density at radius 3 is 2.50 bits per heavy atom. The summed E-state index contributed by atoms with van der Waals surface area (Å²) in [5.74, 6) is 0.791. The fourth-order valence-corrected chi connectivity index (χ4v) is 1.60. The van der Waals surface area contributed by atoms with Gasteiger partial charge in [-0.3, -0.25) is 0 Å². The molecule has 4 heteroatoms. The molecule has 2 rings (SSSR count). The predicted octanol–water partition coefficient (Wildman–Crippen LogP) is 2.89. The lowest BCUT2D eigenvalue weighted by Gasteiger charge is -2.10. The normalized spacial score (nSPS) is 9.56. The summed E-state index contributed by atoms with van der Waals surface area (Å²) in [4.78, 5) is 0. The van der Waals surface area contributed by atoms with Crippen molar-refractivity contribution < 1.29 is 4.74 Å². The number of nitriles is 1. The molecule has 2 aromatic carbocycles. The van der Waals surface area contributed by atoms with Crippen molar-refractivity contribution >= 4 is 17.1 Å². The van der Waals surface area contributed by atoms with E-state index in [4.69, 9.17) is 15.7 Å². The largest absolute Gasteiger partial charge is 0.497 e. The third-order valence-electron chi connectivity index (χ3n) is 2.60. The van der Waals surface area contributed by atoms with Gasteiger partial charge < -0.3 is 15.8 Å². The Hall–Kier alpha value is -2.67. The van der Waals surface area contributed by atoms with Crippen molar-refractivity contribution in [3.63, 3.8) is 0 Å². The first kappa shape index (κ1) is 11.8. The van der Waals surface area contributed by atoms with Crippen LogP contribution in [0.1, 0.15) is 5.56 Å². The summed E-state index contributed by atoms with van der Waals surface area (Å²) in [7, 11) is 1.62. The third-order valence-corrected chi connectivity index (χ3v) is 2.60. The Balaban J connectivity index is 2.26. The van der Waals surface area contributed by atoms with Crippen LogP contribution in [0.5, 0.6) is 5.75 Å². The molecule has 2 aromatic rings. The molecule has 0 atom stereocenters. The molecular weight excluding hydrogens is 226 g/mol. The molecule has 0 aliphatic heterocycles. The predicted molar refractivity (Wildman–Crippen MR) is 71.8 cm³/mol. The first-order valence-electron chi connectivity index (χ1n) is 5.44. The summed E-state index contributed by atoms with van der Waals surface area (Å²) in [6.45, 7) is 0. The van der Waals surface area contributed by atoms with Crippen LogP contribution in [0.25, 0.3) is 0 Å². The number of benzene rings is 2. The molecule has 18 heavy (non-hydrogen) atoms. The Labute approximate surface area is 106 Å². The number of hydrogen-bond acceptors (Lipinski definition) is 4. The minimum atomic E-state index is 0.454. The molecule has 0 bridgehead atoms. The number of nitrogens with zero attached hydrogens (tertiary/aromatic N) is 1. The first-order valence-corrected chi connectivity index (χ1v) is 5.44. The highest BCUT2D eigenvalue weighted by Gasteiger charge is 2.04. The van der Waals surface area contributed by atoms with Gasteiger partial charge >= 0.3 is 0 Å². The van der Waals surface area contributed by atoms with Crippen LogP contribution in [0.2, 0.25) is 0 Å². The number of nitrogen functional groups attached to an aromatic ring is 1. The Kier molecular flexibility index (Phi) is 3.35. The molecule has 0 unspecified atom stereocenters. The lowest BCUT2D eigenvalue weighted by atomic mass is 10.1. The zero-order chi connectivity index (χ0) is 13.0. The smallest absolute Gasteiger partial charge is 0.119 e. The highest BCUT2D eigenvalue weighted by atomic mass is 16.5. The van der Waals surface area contributed by atoms with E-state index in [-0.39, 0.29) is 0 Å². The number of hydrogen-bond donors (Lipinski definition) is 2. The summed E-state index contributed by atoms with van der Waals surface area (Å²) in [6, 6.07) is 14.8. The second kappa shape index (κ2) is 5.11. The van der Waals surface area contributed by atoms with Crippen LogP contribution in [0.15, 0.2) is 42.5 Å². The van der Waals surface area contributed by atoms with Gasteiger partial charge in [0.15, 0.2) is 0 Å². The molecule has 0 heterocycles. The maximum atomic E-state index is 8.90. The van der Waals surface area contributed by atoms with Gasteiger partial charge in [0.1, 0.15) is 11.8 Å². The number of anilines is 3. The van der Waals surface area contributed by atoms with Gasteiger partial charge in [0.25, 0.3) is 0 Å². The number of ether oxygens (including phenoxy) is 1. The fraction of sp³-hybridized carbons (Fsp3) is 0.0714. The fourth-order valence-electron chi connectivity index (χ4n) is 1.60. The van der Waals surface area contributed by atoms with E-state index < -0.39 is 0 Å². The molecule has 0 saturated carbocycles. The van der Waals surface area contributed by atoms with Gasteiger partial charge in [0.2, 0.25) is 0 Å². The molecular formula is C14H13N3O. The Morgan fingerprint density at radius 2 is 1.89 bits per heavy atom. The molecule has 0 aromatic heterocycles. The SMILES string of the molecule is COc1ccc(Nc2cccc(C#N)c2N)cc1. The summed E-state index contributed by atoms with van der Waals surface area (Å²) in [5.41, 5.74) is 8.42. The molecule has 0 amide bonds. The molecule has 0 spiro atoms. The molecule has 0 fully saturated rings. The highest BCUT2D eigenvalue weighted by molar-refractivity contribution is 5.77. The Morgan fingerprint density at radius 1 is 1.17 bits per heavy atom. The molecule has 4 nitrogen and oxygen atoms in total. The maximum absolute atomic E-state index is 8.90. The van der Waals surface area contributed by atoms with Crippen molar-refractivity contribution in [1.29, 1.82) is 5.26 Å². The summed E-state index contributed by atoms with van der Waals surface area (Å²) < 4.78 is 5.08. The van der Waals surface area contributed by atoms with Crippen molar-refractivity contribution in [3.05, 3.63) is 48.0 Å². The second-order valence-electron chi connectivity index (χ2n) is 3.73. The monoisotopic (exact) mass is 239 g/mol. The van der Waals surface area contributed by atoms with Crippen LogP contribution in [0, 0.1) is 11.3 Å². The minimum absolute atomic E-state index is 0.454. The Bertz CT molecular complexity index is 585. The van der Waals surface area contributed by atoms with Crippen LogP contribution in [-0.2, 0) is 0 Å². The van der Waals surface area contributed by atoms with E-state index in [1.54, 1.807) is 19.2 Å². The van der Waals surface area contributed by atoms with Crippen LogP contribution in [0.4, 0.5) is 17.1 Å². The van der Waals surface area contributed by atoms with Gasteiger partial charge in [-0.1, -0.05) is 6.07 Å². The van der Waals surface area contributed by atoms with E-state index in [2.05, 4.69) is 11.4 Å². The summed E-state index contributed by atoms with van der Waals surface area (Å²) >= 11 is 0. The first-order chi connectivity index (χ1) is 8.74. The van der Waals surface area contributed by atoms with E-state index in [1.165, 1.54) is 0 Å². The van der Waals surface area contributed by atoms with Crippen molar-refractivity contribution in [3.8, 4) is 11.8 Å². The van der Waals surface area contributed by atoms with Crippen LogP contribution in [-0.4, -0.2) is 7.11 Å². The van der Waals surface area contributed by atoms with E-state index in [9.17, 15) is 0 Å². The van der Waals surface area contributed by atoms with Crippen molar-refractivity contribution in [2.24, 2.45) is 0 Å². The quantitative estimate of drug-likeness (QED) is 0.808. The average Bonchev–Trinajstić information content (AvgIpc) is 2.42. The molecule has 0 radical (unpaired) electrons. The highest BCUT2D eigenvalue weighted by Crippen LogP contribution is 2.26. The minimum Gasteiger partial charge on any atom is -0.497 e. The second-order valence-corrected chi connectivity index (χ2v) is 3.73. The molecule has 0 saturated heterocycles. The zero-order valence-corrected chi connectivity index (χ0v) is 9.97. The van der Waals surface area contributed by atoms with Crippen LogP contribution >= 0.6 is 0 Å². The standard InChI is InChI=1S/C14H13N3O/c1-18-12-7-5-11(6-8-12)17-13-4-2-3-10(9-15)14(13)16/h2-8,17H,16H2,1H3. The molecule has 3 N–H and O–H groups in total. The van der Waals surface area contributed by atoms with Gasteiger partial charge in [-0.25, -0.2) is 0 Å². The number of rotatable bonds is 3. The van der Waals surface area contributed by atoms with Crippen molar-refractivity contribution in [1.82, 2.24) is 0 Å². The van der Waals surface area contributed by atoms with Gasteiger partial charge in [0, 0.05) is 5.69 Å². The summed E-state index contributed by atoms with van der Waals surface area (Å²) in [5, 5.41) is 12.1. The third kappa shape index (κ3) is 2.36. The number of nitrogens with one attached hydrogen (secondary N) is 1. The van der Waals surface area contributed by atoms with Gasteiger partial charge in [0.05, 0.1) is 24.0 Å². The lowest BCUT2D eigenvalue weighted by Crippen LogP contribution is -1.98. The van der Waals surface area contributed by atoms with Crippen LogP contribution in [0.3, 0.4) is 0 Å². The van der Waals surface area contributed by atoms with E-state index in [0.717, 1.165) is 17.1 Å². The lowest BCUT2D eigenvalue weighted by molar-refractivity contribution is 0.415. The average molecular weight is 239 g/mol. The molecule has 0 aliphatic carbocycles. The number of para-hydroxylation sites is 1. The maximum Gasteiger partial charge on any atom is 0.119 e. The van der Waals surface area contributed by atoms with Crippen molar-refractivity contribution in [2.75, 3.05) is 18.2 Å². The molecule has 0 aliphatic rings. The van der Waals surface area contributed by atoms with E-state index in [0.29, 0.717) is 11.3 Å².